The molecule has 2 aliphatic rings. The van der Waals surface area contributed by atoms with E-state index in [4.69, 9.17) is 14.2 Å². The molecule has 40 heavy (non-hydrogen) atoms. The van der Waals surface area contributed by atoms with Crippen LogP contribution in [0.4, 0.5) is 5.69 Å². The Kier molecular flexibility index (Phi) is 11.3. The van der Waals surface area contributed by atoms with Gasteiger partial charge in [0.15, 0.2) is 0 Å². The van der Waals surface area contributed by atoms with Crippen LogP contribution in [0.5, 0.6) is 5.75 Å². The van der Waals surface area contributed by atoms with Gasteiger partial charge in [0.05, 0.1) is 0 Å². The highest BCUT2D eigenvalue weighted by molar-refractivity contribution is 5.96. The lowest BCUT2D eigenvalue weighted by Gasteiger charge is -2.35. The van der Waals surface area contributed by atoms with Crippen LogP contribution >= 0.6 is 0 Å². The molecule has 1 fully saturated rings. The summed E-state index contributed by atoms with van der Waals surface area (Å²) >= 11 is 0. The van der Waals surface area contributed by atoms with Crippen molar-refractivity contribution in [3.63, 3.8) is 0 Å². The molecule has 1 saturated heterocycles. The van der Waals surface area contributed by atoms with E-state index >= 15 is 0 Å². The van der Waals surface area contributed by atoms with E-state index in [0.717, 1.165) is 63.4 Å². The van der Waals surface area contributed by atoms with Crippen LogP contribution in [0, 0.1) is 0 Å². The van der Waals surface area contributed by atoms with Crippen LogP contribution in [0.3, 0.4) is 0 Å². The Hall–Kier alpha value is -2.98. The Balaban J connectivity index is 1.63. The molecule has 2 amide bonds. The first-order valence-electron chi connectivity index (χ1n) is 14.3. The summed E-state index contributed by atoms with van der Waals surface area (Å²) in [6.45, 7) is 6.07. The van der Waals surface area contributed by atoms with Crippen molar-refractivity contribution in [2.24, 2.45) is 0 Å². The topological polar surface area (TPSA) is 74.8 Å². The molecule has 0 atom stereocenters. The van der Waals surface area contributed by atoms with Crippen LogP contribution in [0.15, 0.2) is 48.5 Å². The SMILES string of the molecule is COCC(=O)N1CCCN(C2CCOCC2)CCN(C(=O)c2cccc(OCCN(C)C)c2)Cc2ccccc21. The van der Waals surface area contributed by atoms with Gasteiger partial charge >= 0.3 is 0 Å². The Bertz CT molecular complexity index is 1100. The molecule has 0 bridgehead atoms. The number of hydrogen-bond acceptors (Lipinski definition) is 7. The molecular formula is C31H44N4O5. The fourth-order valence-corrected chi connectivity index (χ4v) is 5.40. The second-order valence-corrected chi connectivity index (χ2v) is 10.7. The van der Waals surface area contributed by atoms with Gasteiger partial charge in [-0.2, -0.15) is 0 Å². The van der Waals surface area contributed by atoms with E-state index in [9.17, 15) is 9.59 Å². The molecule has 0 radical (unpaired) electrons. The van der Waals surface area contributed by atoms with Gasteiger partial charge in [0.2, 0.25) is 0 Å². The van der Waals surface area contributed by atoms with Gasteiger partial charge in [0.1, 0.15) is 19.0 Å². The number of para-hydroxylation sites is 1. The fourth-order valence-electron chi connectivity index (χ4n) is 5.40. The van der Waals surface area contributed by atoms with Crippen LogP contribution < -0.4 is 9.64 Å². The molecule has 2 aromatic rings. The number of carbonyl (C=O) groups excluding carboxylic acids is 2. The van der Waals surface area contributed by atoms with E-state index in [0.29, 0.717) is 43.6 Å². The van der Waals surface area contributed by atoms with E-state index in [1.54, 1.807) is 7.11 Å². The zero-order valence-electron chi connectivity index (χ0n) is 24.2. The fraction of sp³-hybridized carbons (Fsp3) is 0.548. The largest absolute Gasteiger partial charge is 0.492 e. The van der Waals surface area contributed by atoms with Crippen molar-refractivity contribution >= 4 is 17.5 Å². The van der Waals surface area contributed by atoms with Gasteiger partial charge < -0.3 is 28.9 Å². The van der Waals surface area contributed by atoms with E-state index in [2.05, 4.69) is 9.80 Å². The number of ether oxygens (including phenoxy) is 3. The molecule has 2 heterocycles. The number of amides is 2. The van der Waals surface area contributed by atoms with Crippen molar-refractivity contribution < 1.29 is 23.8 Å². The minimum absolute atomic E-state index is 0.0152. The molecule has 218 valence electrons. The highest BCUT2D eigenvalue weighted by Gasteiger charge is 2.27. The third-order valence-corrected chi connectivity index (χ3v) is 7.58. The monoisotopic (exact) mass is 552 g/mol. The number of anilines is 1. The summed E-state index contributed by atoms with van der Waals surface area (Å²) in [6, 6.07) is 15.7. The second kappa shape index (κ2) is 15.1. The molecule has 0 saturated carbocycles. The summed E-state index contributed by atoms with van der Waals surface area (Å²) in [6.07, 6.45) is 2.79. The van der Waals surface area contributed by atoms with E-state index in [-0.39, 0.29) is 18.4 Å². The Labute approximate surface area is 238 Å². The second-order valence-electron chi connectivity index (χ2n) is 10.7. The molecule has 0 unspecified atom stereocenters. The minimum atomic E-state index is -0.0766. The standard InChI is InChI=1S/C31H44N4O5/c1-32(2)18-21-40-28-10-6-9-25(22-28)31(37)34-17-16-33(27-12-19-39-20-13-27)14-7-15-35(30(36)24-38-3)29-11-5-4-8-26(29)23-34/h4-6,8-11,22,27H,7,12-21,23-24H2,1-3H3. The number of methoxy groups -OCH3 is 1. The molecule has 9 nitrogen and oxygen atoms in total. The summed E-state index contributed by atoms with van der Waals surface area (Å²) in [5.74, 6) is 0.562. The number of hydrogen-bond donors (Lipinski definition) is 0. The zero-order valence-corrected chi connectivity index (χ0v) is 24.2. The normalized spacial score (nSPS) is 17.8. The van der Waals surface area contributed by atoms with Crippen molar-refractivity contribution in [1.29, 1.82) is 0 Å². The Morgan fingerprint density at radius 1 is 1.00 bits per heavy atom. The lowest BCUT2D eigenvalue weighted by Crippen LogP contribution is -2.45. The van der Waals surface area contributed by atoms with E-state index in [1.165, 1.54) is 0 Å². The molecular weight excluding hydrogens is 508 g/mol. The molecule has 0 N–H and O–H groups in total. The van der Waals surface area contributed by atoms with Crippen molar-refractivity contribution in [3.8, 4) is 5.75 Å². The maximum atomic E-state index is 14.0. The van der Waals surface area contributed by atoms with Crippen molar-refractivity contribution in [2.45, 2.75) is 31.8 Å². The van der Waals surface area contributed by atoms with Crippen LogP contribution in [0.2, 0.25) is 0 Å². The zero-order chi connectivity index (χ0) is 28.3. The van der Waals surface area contributed by atoms with Crippen LogP contribution in [-0.2, 0) is 20.8 Å². The number of rotatable bonds is 8. The summed E-state index contributed by atoms with van der Waals surface area (Å²) in [7, 11) is 5.55. The highest BCUT2D eigenvalue weighted by Crippen LogP contribution is 2.26. The first-order valence-corrected chi connectivity index (χ1v) is 14.3. The third kappa shape index (κ3) is 8.27. The average molecular weight is 553 g/mol. The predicted molar refractivity (Wildman–Crippen MR) is 156 cm³/mol. The Morgan fingerprint density at radius 3 is 2.58 bits per heavy atom. The number of likely N-dealkylation sites (N-methyl/N-ethyl adjacent to an activating group) is 1. The van der Waals surface area contributed by atoms with Crippen molar-refractivity contribution in [1.82, 2.24) is 14.7 Å². The quantitative estimate of drug-likeness (QED) is 0.498. The molecule has 2 aliphatic heterocycles. The highest BCUT2D eigenvalue weighted by atomic mass is 16.5. The number of fused-ring (bicyclic) bond motifs is 1. The third-order valence-electron chi connectivity index (χ3n) is 7.58. The van der Waals surface area contributed by atoms with Gasteiger partial charge in [-0.1, -0.05) is 24.3 Å². The first-order chi connectivity index (χ1) is 19.5. The van der Waals surface area contributed by atoms with Gasteiger partial charge in [0, 0.05) is 76.9 Å². The van der Waals surface area contributed by atoms with Crippen LogP contribution in [0.1, 0.15) is 35.2 Å². The van der Waals surface area contributed by atoms with Crippen molar-refractivity contribution in [2.75, 3.05) is 85.3 Å². The summed E-state index contributed by atoms with van der Waals surface area (Å²) < 4.78 is 16.8. The van der Waals surface area contributed by atoms with Gasteiger partial charge in [-0.15, -0.1) is 0 Å². The van der Waals surface area contributed by atoms with Gasteiger partial charge in [-0.3, -0.25) is 14.5 Å². The van der Waals surface area contributed by atoms with Gasteiger partial charge in [-0.05, 0) is 63.2 Å². The Morgan fingerprint density at radius 2 is 1.80 bits per heavy atom. The van der Waals surface area contributed by atoms with Crippen LogP contribution in [-0.4, -0.2) is 113 Å². The summed E-state index contributed by atoms with van der Waals surface area (Å²) in [5, 5.41) is 0. The maximum Gasteiger partial charge on any atom is 0.254 e. The molecule has 4 rings (SSSR count). The molecule has 0 spiro atoms. The number of benzene rings is 2. The molecule has 2 aromatic carbocycles. The van der Waals surface area contributed by atoms with Crippen molar-refractivity contribution in [3.05, 3.63) is 59.7 Å². The van der Waals surface area contributed by atoms with E-state index < -0.39 is 0 Å². The average Bonchev–Trinajstić information content (AvgIpc) is 3.00. The van der Waals surface area contributed by atoms with Gasteiger partial charge in [0.25, 0.3) is 11.8 Å². The lowest BCUT2D eigenvalue weighted by molar-refractivity contribution is -0.122. The molecule has 9 heteroatoms. The first kappa shape index (κ1) is 30.0. The smallest absolute Gasteiger partial charge is 0.254 e. The maximum absolute atomic E-state index is 14.0. The number of carbonyl (C=O) groups is 2. The lowest BCUT2D eigenvalue weighted by atomic mass is 10.1. The summed E-state index contributed by atoms with van der Waals surface area (Å²) in [5.41, 5.74) is 2.38. The summed E-state index contributed by atoms with van der Waals surface area (Å²) in [4.78, 5) is 35.5. The molecule has 0 aromatic heterocycles. The number of nitrogens with zero attached hydrogens (tertiary/aromatic N) is 4. The van der Waals surface area contributed by atoms with Crippen LogP contribution in [0.25, 0.3) is 0 Å². The van der Waals surface area contributed by atoms with Gasteiger partial charge in [-0.25, -0.2) is 0 Å². The molecule has 0 aliphatic carbocycles. The predicted octanol–water partition coefficient (Wildman–Crippen LogP) is 3.13. The van der Waals surface area contributed by atoms with E-state index in [1.807, 2.05) is 72.4 Å². The minimum Gasteiger partial charge on any atom is -0.492 e.